The highest BCUT2D eigenvalue weighted by atomic mass is 16.3. The van der Waals surface area contributed by atoms with Crippen LogP contribution >= 0.6 is 0 Å². The van der Waals surface area contributed by atoms with E-state index in [0.29, 0.717) is 82.3 Å². The molecule has 2 aliphatic heterocycles. The summed E-state index contributed by atoms with van der Waals surface area (Å²) in [4.78, 5) is 93.3. The number of ketones is 1. The van der Waals surface area contributed by atoms with Crippen LogP contribution < -0.4 is 5.32 Å². The number of hydrogen-bond acceptors (Lipinski definition) is 8. The van der Waals surface area contributed by atoms with Crippen molar-refractivity contribution in [1.82, 2.24) is 24.9 Å². The van der Waals surface area contributed by atoms with Crippen LogP contribution in [0.2, 0.25) is 0 Å². The molecule has 4 aromatic carbocycles. The predicted molar refractivity (Wildman–Crippen MR) is 318 cm³/mol. The standard InChI is InChI=1S/C68H91N5O8/c1-5-48(4)64(77)69-63(54-24-16-9-17-25-54)68(81)73-41-37-60(75)43-58(73)46-71(39-35-50-20-12-7-13-21-50)66(79)56-32-28-52(29-33-56)51-26-30-55(31-27-51)65(78)70(38-34-49-18-10-6-11-19-49)45-57-42-59(74)36-40-72(57)67(80)61(44-62(76)47(2)3)53-22-14-8-15-23-53/h6-7,10-13,18-21,26-33,47-48,53-54,57-61,63,74-75H,5,8-9,14-17,22-25,34-46H2,1-4H3,(H,69,77)/t48-,57+,58+,59-,60-,61+,63+/m1/s1. The summed E-state index contributed by atoms with van der Waals surface area (Å²) in [6, 6.07) is 33.5. The smallest absolute Gasteiger partial charge is 0.253 e. The van der Waals surface area contributed by atoms with Gasteiger partial charge in [-0.25, -0.2) is 0 Å². The molecule has 436 valence electrons. The average Bonchev–Trinajstić information content (AvgIpc) is 3.50. The summed E-state index contributed by atoms with van der Waals surface area (Å²) >= 11 is 0. The van der Waals surface area contributed by atoms with E-state index in [-0.39, 0.29) is 78.5 Å². The second kappa shape index (κ2) is 29.7. The molecule has 81 heavy (non-hydrogen) atoms. The first-order valence-corrected chi connectivity index (χ1v) is 30.8. The molecule has 13 nitrogen and oxygen atoms in total. The number of amides is 5. The molecule has 5 amide bonds. The van der Waals surface area contributed by atoms with Gasteiger partial charge in [0.25, 0.3) is 11.8 Å². The number of likely N-dealkylation sites (tertiary alicyclic amines) is 2. The predicted octanol–water partition coefficient (Wildman–Crippen LogP) is 10.4. The summed E-state index contributed by atoms with van der Waals surface area (Å²) < 4.78 is 0. The van der Waals surface area contributed by atoms with E-state index in [0.717, 1.165) is 86.5 Å². The van der Waals surface area contributed by atoms with E-state index in [1.807, 2.05) is 156 Å². The summed E-state index contributed by atoms with van der Waals surface area (Å²) in [5, 5.41) is 25.4. The molecule has 7 atom stereocenters. The van der Waals surface area contributed by atoms with Crippen molar-refractivity contribution >= 4 is 35.3 Å². The zero-order valence-electron chi connectivity index (χ0n) is 48.8. The molecular weight excluding hydrogens is 1010 g/mol. The third-order valence-electron chi connectivity index (χ3n) is 18.3. The van der Waals surface area contributed by atoms with Gasteiger partial charge in [-0.1, -0.05) is 151 Å². The summed E-state index contributed by atoms with van der Waals surface area (Å²) in [6.45, 7) is 9.64. The number of Topliss-reactive ketones (excluding diaryl/α,β-unsaturated/α-hetero) is 1. The number of benzene rings is 4. The Balaban J connectivity index is 1.00. The lowest BCUT2D eigenvalue weighted by Crippen LogP contribution is -2.60. The number of rotatable bonds is 23. The molecule has 0 unspecified atom stereocenters. The summed E-state index contributed by atoms with van der Waals surface area (Å²) in [7, 11) is 0. The molecule has 0 aromatic heterocycles. The first kappa shape index (κ1) is 60.9. The first-order chi connectivity index (χ1) is 39.2. The van der Waals surface area contributed by atoms with Crippen molar-refractivity contribution < 1.29 is 39.0 Å². The summed E-state index contributed by atoms with van der Waals surface area (Å²) in [5.74, 6) is -1.16. The van der Waals surface area contributed by atoms with E-state index in [4.69, 9.17) is 0 Å². The van der Waals surface area contributed by atoms with Gasteiger partial charge >= 0.3 is 0 Å². The van der Waals surface area contributed by atoms with E-state index in [1.54, 1.807) is 0 Å². The Morgan fingerprint density at radius 2 is 0.988 bits per heavy atom. The van der Waals surface area contributed by atoms with Crippen molar-refractivity contribution in [1.29, 1.82) is 0 Å². The highest BCUT2D eigenvalue weighted by Gasteiger charge is 2.42. The van der Waals surface area contributed by atoms with Crippen molar-refractivity contribution in [2.45, 2.75) is 174 Å². The third kappa shape index (κ3) is 16.5. The van der Waals surface area contributed by atoms with Crippen LogP contribution in [0, 0.1) is 29.6 Å². The number of carbonyl (C=O) groups is 6. The summed E-state index contributed by atoms with van der Waals surface area (Å²) in [6.07, 6.45) is 12.4. The molecule has 3 N–H and O–H groups in total. The van der Waals surface area contributed by atoms with Crippen molar-refractivity contribution in [3.8, 4) is 11.1 Å². The number of aliphatic hydroxyl groups is 2. The number of carbonyl (C=O) groups excluding carboxylic acids is 6. The van der Waals surface area contributed by atoms with Crippen LogP contribution in [-0.2, 0) is 32.0 Å². The van der Waals surface area contributed by atoms with Crippen LogP contribution in [-0.4, -0.2) is 135 Å². The Kier molecular flexibility index (Phi) is 22.3. The molecule has 4 aromatic rings. The van der Waals surface area contributed by atoms with E-state index in [9.17, 15) is 39.0 Å². The normalized spacial score (nSPS) is 21.2. The van der Waals surface area contributed by atoms with E-state index in [1.165, 1.54) is 0 Å². The van der Waals surface area contributed by atoms with Gasteiger partial charge in [-0.2, -0.15) is 0 Å². The fraction of sp³-hybridized carbons (Fsp3) is 0.559. The van der Waals surface area contributed by atoms with Gasteiger partial charge in [0.05, 0.1) is 24.3 Å². The fourth-order valence-electron chi connectivity index (χ4n) is 13.0. The van der Waals surface area contributed by atoms with Gasteiger partial charge in [0.2, 0.25) is 17.7 Å². The minimum absolute atomic E-state index is 0.0224. The molecule has 2 heterocycles. The quantitative estimate of drug-likeness (QED) is 0.0660. The zero-order chi connectivity index (χ0) is 57.4. The van der Waals surface area contributed by atoms with Gasteiger partial charge in [-0.15, -0.1) is 0 Å². The third-order valence-corrected chi connectivity index (χ3v) is 18.3. The minimum atomic E-state index is -0.659. The van der Waals surface area contributed by atoms with E-state index < -0.39 is 36.3 Å². The molecule has 0 spiro atoms. The van der Waals surface area contributed by atoms with Crippen molar-refractivity contribution in [2.24, 2.45) is 29.6 Å². The molecule has 8 rings (SSSR count). The SMILES string of the molecule is CC[C@@H](C)C(=O)N[C@H](C(=O)N1CC[C@@H](O)C[C@H]1CN(CCc1ccccc1)C(=O)c1ccc(-c2ccc(C(=O)N(CCc3ccccc3)C[C@@H]3C[C@H](O)CCN3C(=O)[C@@H](CC(=O)C(C)C)C3CCCCC3)cc2)cc1)C1CCCCC1. The minimum Gasteiger partial charge on any atom is -0.393 e. The second-order valence-corrected chi connectivity index (χ2v) is 24.4. The molecule has 4 fully saturated rings. The van der Waals surface area contributed by atoms with E-state index in [2.05, 4.69) is 5.32 Å². The molecule has 4 aliphatic rings. The Morgan fingerprint density at radius 3 is 1.42 bits per heavy atom. The first-order valence-electron chi connectivity index (χ1n) is 30.8. The molecule has 2 saturated heterocycles. The lowest BCUT2D eigenvalue weighted by atomic mass is 9.76. The van der Waals surface area contributed by atoms with Crippen LogP contribution in [0.25, 0.3) is 11.1 Å². The molecular formula is C68H91N5O8. The maximum atomic E-state index is 14.8. The highest BCUT2D eigenvalue weighted by Crippen LogP contribution is 2.36. The highest BCUT2D eigenvalue weighted by molar-refractivity contribution is 5.96. The molecule has 2 aliphatic carbocycles. The van der Waals surface area contributed by atoms with Crippen molar-refractivity contribution in [3.63, 3.8) is 0 Å². The number of piperidine rings is 2. The van der Waals surface area contributed by atoms with E-state index >= 15 is 0 Å². The molecule has 0 bridgehead atoms. The lowest BCUT2D eigenvalue weighted by Gasteiger charge is -2.43. The Labute approximate surface area is 482 Å². The van der Waals surface area contributed by atoms with Crippen LogP contribution in [0.4, 0.5) is 0 Å². The van der Waals surface area contributed by atoms with Crippen LogP contribution in [0.5, 0.6) is 0 Å². The molecule has 13 heteroatoms. The Morgan fingerprint density at radius 1 is 0.556 bits per heavy atom. The van der Waals surface area contributed by atoms with Crippen LogP contribution in [0.1, 0.15) is 162 Å². The van der Waals surface area contributed by atoms with Crippen LogP contribution in [0.15, 0.2) is 109 Å². The Bertz CT molecular complexity index is 2670. The number of aliphatic hydroxyl groups excluding tert-OH is 2. The average molecular weight is 1110 g/mol. The maximum Gasteiger partial charge on any atom is 0.253 e. The van der Waals surface area contributed by atoms with Crippen LogP contribution in [0.3, 0.4) is 0 Å². The number of nitrogens with zero attached hydrogens (tertiary/aromatic N) is 4. The second-order valence-electron chi connectivity index (χ2n) is 24.4. The number of hydrogen-bond donors (Lipinski definition) is 3. The fourth-order valence-corrected chi connectivity index (χ4v) is 13.0. The number of nitrogens with one attached hydrogen (secondary N) is 1. The lowest BCUT2D eigenvalue weighted by molar-refractivity contribution is -0.146. The van der Waals surface area contributed by atoms with Gasteiger partial charge in [-0.05, 0) is 129 Å². The zero-order valence-corrected chi connectivity index (χ0v) is 48.8. The van der Waals surface area contributed by atoms with Gasteiger partial charge in [-0.3, -0.25) is 28.8 Å². The van der Waals surface area contributed by atoms with Crippen molar-refractivity contribution in [2.75, 3.05) is 39.3 Å². The monoisotopic (exact) mass is 1110 g/mol. The van der Waals surface area contributed by atoms with Gasteiger partial charge in [0.1, 0.15) is 11.8 Å². The molecule has 2 saturated carbocycles. The topological polar surface area (TPSA) is 168 Å². The van der Waals surface area contributed by atoms with Gasteiger partial charge in [0.15, 0.2) is 0 Å². The van der Waals surface area contributed by atoms with Gasteiger partial charge in [0, 0.05) is 74.6 Å². The van der Waals surface area contributed by atoms with Gasteiger partial charge < -0.3 is 35.1 Å². The molecule has 0 radical (unpaired) electrons. The largest absolute Gasteiger partial charge is 0.393 e. The maximum absolute atomic E-state index is 14.8. The Hall–Kier alpha value is -6.18. The van der Waals surface area contributed by atoms with Crippen molar-refractivity contribution in [3.05, 3.63) is 131 Å². The summed E-state index contributed by atoms with van der Waals surface area (Å²) in [5.41, 5.74) is 4.86.